The Hall–Kier alpha value is -1.07. The summed E-state index contributed by atoms with van der Waals surface area (Å²) in [5.41, 5.74) is 1.25. The molecule has 2 N–H and O–H groups in total. The first-order chi connectivity index (χ1) is 10.1. The van der Waals surface area contributed by atoms with Gasteiger partial charge in [-0.05, 0) is 66.9 Å². The van der Waals surface area contributed by atoms with Crippen LogP contribution in [0.25, 0.3) is 0 Å². The Labute approximate surface area is 134 Å². The Kier molecular flexibility index (Phi) is 6.06. The number of likely N-dealkylation sites (tertiary alicyclic amines) is 1. The SMILES string of the molecule is CC1CCCCN1CCCNc1ccc(C(=O)O)c(Br)c1. The summed E-state index contributed by atoms with van der Waals surface area (Å²) in [6.07, 6.45) is 5.10. The van der Waals surface area contributed by atoms with Crippen molar-refractivity contribution in [1.82, 2.24) is 4.90 Å². The van der Waals surface area contributed by atoms with Gasteiger partial charge in [-0.25, -0.2) is 4.79 Å². The predicted octanol–water partition coefficient (Wildman–Crippen LogP) is 3.82. The summed E-state index contributed by atoms with van der Waals surface area (Å²) in [4.78, 5) is 13.5. The zero-order chi connectivity index (χ0) is 15.2. The van der Waals surface area contributed by atoms with Crippen molar-refractivity contribution < 1.29 is 9.90 Å². The highest BCUT2D eigenvalue weighted by atomic mass is 79.9. The maximum Gasteiger partial charge on any atom is 0.336 e. The molecular weight excluding hydrogens is 332 g/mol. The lowest BCUT2D eigenvalue weighted by molar-refractivity contribution is 0.0696. The standard InChI is InChI=1S/C16H23BrN2O2/c1-12-5-2-3-9-19(12)10-4-8-18-13-6-7-14(16(20)21)15(17)11-13/h6-7,11-12,18H,2-5,8-10H2,1H3,(H,20,21). The number of hydrogen-bond acceptors (Lipinski definition) is 3. The molecule has 1 aliphatic heterocycles. The maximum atomic E-state index is 10.9. The fourth-order valence-electron chi connectivity index (χ4n) is 2.80. The second-order valence-electron chi connectivity index (χ2n) is 5.66. The molecule has 1 unspecified atom stereocenters. The number of halogens is 1. The number of nitrogens with one attached hydrogen (secondary N) is 1. The first kappa shape index (κ1) is 16.3. The minimum absolute atomic E-state index is 0.294. The third-order valence-corrected chi connectivity index (χ3v) is 4.75. The molecule has 21 heavy (non-hydrogen) atoms. The number of aromatic carboxylic acids is 1. The van der Waals surface area contributed by atoms with Crippen LogP contribution < -0.4 is 5.32 Å². The third kappa shape index (κ3) is 4.71. The largest absolute Gasteiger partial charge is 0.478 e. The second kappa shape index (κ2) is 7.80. The Morgan fingerprint density at radius 2 is 2.29 bits per heavy atom. The van der Waals surface area contributed by atoms with E-state index in [1.54, 1.807) is 6.07 Å². The maximum absolute atomic E-state index is 10.9. The average molecular weight is 355 g/mol. The Morgan fingerprint density at radius 3 is 2.95 bits per heavy atom. The van der Waals surface area contributed by atoms with E-state index in [1.165, 1.54) is 25.8 Å². The minimum atomic E-state index is -0.910. The molecule has 0 saturated carbocycles. The van der Waals surface area contributed by atoms with Gasteiger partial charge in [0.2, 0.25) is 0 Å². The van der Waals surface area contributed by atoms with Crippen molar-refractivity contribution in [2.24, 2.45) is 0 Å². The van der Waals surface area contributed by atoms with E-state index in [1.807, 2.05) is 12.1 Å². The van der Waals surface area contributed by atoms with Gasteiger partial charge in [0, 0.05) is 29.3 Å². The molecule has 0 bridgehead atoms. The van der Waals surface area contributed by atoms with Crippen LogP contribution in [0.4, 0.5) is 5.69 Å². The molecule has 1 fully saturated rings. The molecule has 0 radical (unpaired) electrons. The van der Waals surface area contributed by atoms with Gasteiger partial charge in [0.25, 0.3) is 0 Å². The number of rotatable bonds is 6. The monoisotopic (exact) mass is 354 g/mol. The number of piperidine rings is 1. The number of anilines is 1. The highest BCUT2D eigenvalue weighted by Crippen LogP contribution is 2.22. The molecule has 0 amide bonds. The lowest BCUT2D eigenvalue weighted by Crippen LogP contribution is -2.38. The van der Waals surface area contributed by atoms with Crippen LogP contribution in [-0.4, -0.2) is 41.7 Å². The van der Waals surface area contributed by atoms with E-state index in [0.29, 0.717) is 16.1 Å². The van der Waals surface area contributed by atoms with Gasteiger partial charge in [0.15, 0.2) is 0 Å². The molecule has 1 heterocycles. The van der Waals surface area contributed by atoms with Crippen LogP contribution in [0.2, 0.25) is 0 Å². The molecule has 2 rings (SSSR count). The summed E-state index contributed by atoms with van der Waals surface area (Å²) in [5.74, 6) is -0.910. The van der Waals surface area contributed by atoms with E-state index in [-0.39, 0.29) is 0 Å². The molecule has 0 aromatic heterocycles. The van der Waals surface area contributed by atoms with Gasteiger partial charge < -0.3 is 15.3 Å². The fraction of sp³-hybridized carbons (Fsp3) is 0.562. The number of carbonyl (C=O) groups is 1. The molecular formula is C16H23BrN2O2. The molecule has 0 spiro atoms. The van der Waals surface area contributed by atoms with Crippen molar-refractivity contribution in [1.29, 1.82) is 0 Å². The van der Waals surface area contributed by atoms with Crippen LogP contribution in [0.3, 0.4) is 0 Å². The van der Waals surface area contributed by atoms with E-state index in [2.05, 4.69) is 33.1 Å². The summed E-state index contributed by atoms with van der Waals surface area (Å²) in [7, 11) is 0. The number of carboxylic acids is 1. The van der Waals surface area contributed by atoms with Gasteiger partial charge in [-0.2, -0.15) is 0 Å². The lowest BCUT2D eigenvalue weighted by atomic mass is 10.0. The van der Waals surface area contributed by atoms with Gasteiger partial charge in [-0.1, -0.05) is 6.42 Å². The molecule has 1 aromatic carbocycles. The van der Waals surface area contributed by atoms with Crippen molar-refractivity contribution in [3.05, 3.63) is 28.2 Å². The topological polar surface area (TPSA) is 52.6 Å². The molecule has 1 atom stereocenters. The summed E-state index contributed by atoms with van der Waals surface area (Å²) < 4.78 is 0.615. The number of benzene rings is 1. The van der Waals surface area contributed by atoms with E-state index in [0.717, 1.165) is 25.2 Å². The van der Waals surface area contributed by atoms with Gasteiger partial charge in [-0.15, -0.1) is 0 Å². The zero-order valence-electron chi connectivity index (χ0n) is 12.4. The Bertz CT molecular complexity index is 493. The molecule has 0 aliphatic carbocycles. The predicted molar refractivity (Wildman–Crippen MR) is 89.1 cm³/mol. The van der Waals surface area contributed by atoms with Crippen LogP contribution >= 0.6 is 15.9 Å². The van der Waals surface area contributed by atoms with Crippen LogP contribution in [0.5, 0.6) is 0 Å². The van der Waals surface area contributed by atoms with Crippen molar-refractivity contribution in [3.63, 3.8) is 0 Å². The Balaban J connectivity index is 1.76. The Morgan fingerprint density at radius 1 is 1.48 bits per heavy atom. The summed E-state index contributed by atoms with van der Waals surface area (Å²) >= 11 is 3.30. The van der Waals surface area contributed by atoms with Crippen LogP contribution in [0.15, 0.2) is 22.7 Å². The second-order valence-corrected chi connectivity index (χ2v) is 6.52. The molecule has 1 saturated heterocycles. The van der Waals surface area contributed by atoms with Crippen LogP contribution in [0.1, 0.15) is 43.0 Å². The van der Waals surface area contributed by atoms with E-state index in [9.17, 15) is 4.79 Å². The first-order valence-corrected chi connectivity index (χ1v) is 8.38. The van der Waals surface area contributed by atoms with Crippen LogP contribution in [0, 0.1) is 0 Å². The van der Waals surface area contributed by atoms with Gasteiger partial charge in [0.1, 0.15) is 0 Å². The van der Waals surface area contributed by atoms with E-state index in [4.69, 9.17) is 5.11 Å². The fourth-order valence-corrected chi connectivity index (χ4v) is 3.35. The summed E-state index contributed by atoms with van der Waals surface area (Å²) in [6, 6.07) is 5.98. The van der Waals surface area contributed by atoms with E-state index < -0.39 is 5.97 Å². The highest BCUT2D eigenvalue weighted by molar-refractivity contribution is 9.10. The number of carboxylic acid groups (broad SMARTS) is 1. The minimum Gasteiger partial charge on any atom is -0.478 e. The molecule has 1 aliphatic rings. The lowest BCUT2D eigenvalue weighted by Gasteiger charge is -2.33. The third-order valence-electron chi connectivity index (χ3n) is 4.09. The quantitative estimate of drug-likeness (QED) is 0.762. The zero-order valence-corrected chi connectivity index (χ0v) is 14.0. The van der Waals surface area contributed by atoms with E-state index >= 15 is 0 Å². The summed E-state index contributed by atoms with van der Waals surface area (Å²) in [6.45, 7) is 5.57. The smallest absolute Gasteiger partial charge is 0.336 e. The van der Waals surface area contributed by atoms with Crippen molar-refractivity contribution in [2.75, 3.05) is 25.0 Å². The number of nitrogens with zero attached hydrogens (tertiary/aromatic N) is 1. The normalized spacial score (nSPS) is 19.4. The molecule has 5 heteroatoms. The van der Waals surface area contributed by atoms with Crippen molar-refractivity contribution >= 4 is 27.6 Å². The van der Waals surface area contributed by atoms with Crippen molar-refractivity contribution in [3.8, 4) is 0 Å². The van der Waals surface area contributed by atoms with Crippen LogP contribution in [-0.2, 0) is 0 Å². The molecule has 116 valence electrons. The van der Waals surface area contributed by atoms with Gasteiger partial charge in [-0.3, -0.25) is 0 Å². The number of hydrogen-bond donors (Lipinski definition) is 2. The molecule has 4 nitrogen and oxygen atoms in total. The van der Waals surface area contributed by atoms with Gasteiger partial charge >= 0.3 is 5.97 Å². The average Bonchev–Trinajstić information content (AvgIpc) is 2.45. The van der Waals surface area contributed by atoms with Gasteiger partial charge in [0.05, 0.1) is 5.56 Å². The first-order valence-electron chi connectivity index (χ1n) is 7.58. The van der Waals surface area contributed by atoms with Crippen molar-refractivity contribution in [2.45, 2.75) is 38.6 Å². The molecule has 1 aromatic rings. The highest BCUT2D eigenvalue weighted by Gasteiger charge is 2.17. The summed E-state index contributed by atoms with van der Waals surface area (Å²) in [5, 5.41) is 12.3.